The zero-order valence-corrected chi connectivity index (χ0v) is 8.57. The molecule has 1 aromatic carbocycles. The molecule has 0 aliphatic heterocycles. The fourth-order valence-corrected chi connectivity index (χ4v) is 1.13. The van der Waals surface area contributed by atoms with Crippen LogP contribution in [-0.4, -0.2) is 5.91 Å². The van der Waals surface area contributed by atoms with Crippen LogP contribution in [0.2, 0.25) is 0 Å². The number of nitrogens with two attached hydrogens (primary N) is 1. The number of nitriles is 2. The van der Waals surface area contributed by atoms with Gasteiger partial charge in [-0.3, -0.25) is 4.79 Å². The summed E-state index contributed by atoms with van der Waals surface area (Å²) in [6.07, 6.45) is 1.07. The van der Waals surface area contributed by atoms with E-state index in [4.69, 9.17) is 16.3 Å². The average molecular weight is 230 g/mol. The molecule has 0 aliphatic rings. The number of hydrogen-bond donors (Lipinski definition) is 2. The predicted octanol–water partition coefficient (Wildman–Crippen LogP) is 1.27. The number of benzene rings is 1. The zero-order chi connectivity index (χ0) is 12.8. The largest absolute Gasteiger partial charge is 0.365 e. The summed E-state index contributed by atoms with van der Waals surface area (Å²) in [5.74, 6) is -1.71. The Morgan fingerprint density at radius 2 is 2.06 bits per heavy atom. The molecule has 1 amide bonds. The summed E-state index contributed by atoms with van der Waals surface area (Å²) in [5, 5.41) is 19.5. The maximum atomic E-state index is 13.3. The molecule has 0 saturated heterocycles. The molecule has 0 bridgehead atoms. The van der Waals surface area contributed by atoms with Crippen molar-refractivity contribution in [3.8, 4) is 12.1 Å². The van der Waals surface area contributed by atoms with Crippen LogP contribution in [0, 0.1) is 28.5 Å². The zero-order valence-electron chi connectivity index (χ0n) is 8.57. The minimum atomic E-state index is -0.936. The number of nitrogens with zero attached hydrogens (tertiary/aromatic N) is 2. The van der Waals surface area contributed by atoms with Crippen molar-refractivity contribution in [1.29, 1.82) is 10.5 Å². The lowest BCUT2D eigenvalue weighted by molar-refractivity contribution is 0.0997. The van der Waals surface area contributed by atoms with Gasteiger partial charge in [-0.1, -0.05) is 6.07 Å². The summed E-state index contributed by atoms with van der Waals surface area (Å²) in [4.78, 5) is 11.0. The number of allylic oxidation sites excluding steroid dienone is 1. The summed E-state index contributed by atoms with van der Waals surface area (Å²) >= 11 is 0. The fourth-order valence-electron chi connectivity index (χ4n) is 1.13. The first kappa shape index (κ1) is 12.2. The van der Waals surface area contributed by atoms with Crippen molar-refractivity contribution in [2.45, 2.75) is 0 Å². The van der Waals surface area contributed by atoms with Crippen LogP contribution in [0.3, 0.4) is 0 Å². The average Bonchev–Trinajstić information content (AvgIpc) is 2.29. The molecule has 1 rings (SSSR count). The molecule has 0 spiro atoms. The van der Waals surface area contributed by atoms with Gasteiger partial charge in [-0.25, -0.2) is 4.39 Å². The van der Waals surface area contributed by atoms with E-state index in [1.807, 2.05) is 0 Å². The van der Waals surface area contributed by atoms with Crippen LogP contribution in [0.1, 0.15) is 10.4 Å². The Hall–Kier alpha value is -2.86. The molecule has 0 radical (unpaired) electrons. The van der Waals surface area contributed by atoms with Gasteiger partial charge in [0, 0.05) is 6.20 Å². The van der Waals surface area contributed by atoms with Crippen LogP contribution in [0.25, 0.3) is 0 Å². The van der Waals surface area contributed by atoms with E-state index in [0.717, 1.165) is 12.3 Å². The molecular formula is C11H7FN4O. The SMILES string of the molecule is N#CC(C#N)=CNc1cccc(F)c1C(N)=O. The van der Waals surface area contributed by atoms with Crippen LogP contribution in [0.4, 0.5) is 10.1 Å². The number of hydrogen-bond acceptors (Lipinski definition) is 4. The quantitative estimate of drug-likeness (QED) is 0.763. The van der Waals surface area contributed by atoms with Gasteiger partial charge in [-0.15, -0.1) is 0 Å². The molecule has 0 atom stereocenters. The highest BCUT2D eigenvalue weighted by Crippen LogP contribution is 2.18. The first-order valence-corrected chi connectivity index (χ1v) is 4.45. The monoisotopic (exact) mass is 230 g/mol. The van der Waals surface area contributed by atoms with E-state index in [1.165, 1.54) is 12.1 Å². The van der Waals surface area contributed by atoms with Crippen molar-refractivity contribution in [2.75, 3.05) is 5.32 Å². The van der Waals surface area contributed by atoms with Gasteiger partial charge >= 0.3 is 0 Å². The molecule has 0 aromatic heterocycles. The second-order valence-corrected chi connectivity index (χ2v) is 2.95. The summed E-state index contributed by atoms with van der Waals surface area (Å²) < 4.78 is 13.3. The van der Waals surface area contributed by atoms with E-state index in [-0.39, 0.29) is 16.8 Å². The minimum absolute atomic E-state index is 0.0977. The van der Waals surface area contributed by atoms with Crippen LogP contribution in [0.15, 0.2) is 30.0 Å². The smallest absolute Gasteiger partial charge is 0.253 e. The van der Waals surface area contributed by atoms with E-state index < -0.39 is 11.7 Å². The van der Waals surface area contributed by atoms with E-state index >= 15 is 0 Å². The molecule has 3 N–H and O–H groups in total. The van der Waals surface area contributed by atoms with Gasteiger partial charge in [0.05, 0.1) is 11.3 Å². The van der Waals surface area contributed by atoms with Crippen molar-refractivity contribution in [3.63, 3.8) is 0 Å². The summed E-state index contributed by atoms with van der Waals surface area (Å²) in [7, 11) is 0. The van der Waals surface area contributed by atoms with Gasteiger partial charge in [0.25, 0.3) is 5.91 Å². The second-order valence-electron chi connectivity index (χ2n) is 2.95. The van der Waals surface area contributed by atoms with Crippen LogP contribution >= 0.6 is 0 Å². The van der Waals surface area contributed by atoms with Crippen molar-refractivity contribution in [2.24, 2.45) is 5.73 Å². The third-order valence-electron chi connectivity index (χ3n) is 1.87. The maximum Gasteiger partial charge on any atom is 0.253 e. The molecule has 5 nitrogen and oxygen atoms in total. The number of rotatable bonds is 3. The van der Waals surface area contributed by atoms with Gasteiger partial charge in [0.2, 0.25) is 0 Å². The molecule has 0 saturated carbocycles. The van der Waals surface area contributed by atoms with E-state index in [2.05, 4.69) is 5.32 Å². The number of nitrogens with one attached hydrogen (secondary N) is 1. The third kappa shape index (κ3) is 2.80. The molecule has 1 aromatic rings. The van der Waals surface area contributed by atoms with Gasteiger partial charge in [-0.2, -0.15) is 10.5 Å². The number of anilines is 1. The number of primary amides is 1. The molecule has 6 heteroatoms. The molecule has 0 unspecified atom stereocenters. The van der Waals surface area contributed by atoms with Crippen molar-refractivity contribution in [3.05, 3.63) is 41.4 Å². The Morgan fingerprint density at radius 1 is 1.41 bits per heavy atom. The Balaban J connectivity index is 3.14. The Bertz CT molecular complexity index is 550. The van der Waals surface area contributed by atoms with Crippen molar-refractivity contribution in [1.82, 2.24) is 0 Å². The van der Waals surface area contributed by atoms with Crippen LogP contribution in [-0.2, 0) is 0 Å². The van der Waals surface area contributed by atoms with E-state index in [1.54, 1.807) is 12.1 Å². The van der Waals surface area contributed by atoms with E-state index in [9.17, 15) is 9.18 Å². The first-order valence-electron chi connectivity index (χ1n) is 4.45. The predicted molar refractivity (Wildman–Crippen MR) is 57.8 cm³/mol. The highest BCUT2D eigenvalue weighted by atomic mass is 19.1. The van der Waals surface area contributed by atoms with Crippen LogP contribution < -0.4 is 11.1 Å². The lowest BCUT2D eigenvalue weighted by atomic mass is 10.1. The fraction of sp³-hybridized carbons (Fsp3) is 0. The minimum Gasteiger partial charge on any atom is -0.365 e. The maximum absolute atomic E-state index is 13.3. The summed E-state index contributed by atoms with van der Waals surface area (Å²) in [6, 6.07) is 7.09. The number of amides is 1. The number of carbonyl (C=O) groups excluding carboxylic acids is 1. The topological polar surface area (TPSA) is 103 Å². The summed E-state index contributed by atoms with van der Waals surface area (Å²) in [6.45, 7) is 0. The lowest BCUT2D eigenvalue weighted by Gasteiger charge is -2.06. The van der Waals surface area contributed by atoms with Gasteiger partial charge in [0.1, 0.15) is 23.5 Å². The highest BCUT2D eigenvalue weighted by molar-refractivity contribution is 5.98. The Kier molecular flexibility index (Phi) is 3.80. The van der Waals surface area contributed by atoms with Gasteiger partial charge < -0.3 is 11.1 Å². The number of halogens is 1. The molecule has 0 aliphatic carbocycles. The first-order chi connectivity index (χ1) is 8.10. The van der Waals surface area contributed by atoms with Crippen molar-refractivity contribution < 1.29 is 9.18 Å². The molecule has 0 heterocycles. The van der Waals surface area contributed by atoms with Crippen LogP contribution in [0.5, 0.6) is 0 Å². The van der Waals surface area contributed by atoms with E-state index in [0.29, 0.717) is 0 Å². The standard InChI is InChI=1S/C11H7FN4O/c12-8-2-1-3-9(10(8)11(15)17)16-6-7(4-13)5-14/h1-3,6,16H,(H2,15,17). The third-order valence-corrected chi connectivity index (χ3v) is 1.87. The van der Waals surface area contributed by atoms with Gasteiger partial charge in [-0.05, 0) is 12.1 Å². The molecule has 17 heavy (non-hydrogen) atoms. The number of carbonyl (C=O) groups is 1. The lowest BCUT2D eigenvalue weighted by Crippen LogP contribution is -2.15. The summed E-state index contributed by atoms with van der Waals surface area (Å²) in [5.41, 5.74) is 4.59. The molecule has 84 valence electrons. The highest BCUT2D eigenvalue weighted by Gasteiger charge is 2.12. The Labute approximate surface area is 96.6 Å². The molecule has 0 fully saturated rings. The Morgan fingerprint density at radius 3 is 2.59 bits per heavy atom. The normalized spacial score (nSPS) is 8.65. The van der Waals surface area contributed by atoms with Crippen molar-refractivity contribution >= 4 is 11.6 Å². The second kappa shape index (κ2) is 5.29. The molecular weight excluding hydrogens is 223 g/mol. The van der Waals surface area contributed by atoms with Gasteiger partial charge in [0.15, 0.2) is 0 Å².